The van der Waals surface area contributed by atoms with E-state index in [9.17, 15) is 27.2 Å². The highest BCUT2D eigenvalue weighted by Crippen LogP contribution is 2.30. The third-order valence-electron chi connectivity index (χ3n) is 6.49. The number of piperazine rings is 1. The van der Waals surface area contributed by atoms with Gasteiger partial charge in [0, 0.05) is 61.3 Å². The number of benzene rings is 2. The van der Waals surface area contributed by atoms with Crippen molar-refractivity contribution in [3.8, 4) is 5.82 Å². The molecule has 2 N–H and O–H groups in total. The zero-order valence-electron chi connectivity index (χ0n) is 21.4. The molecule has 1 fully saturated rings. The van der Waals surface area contributed by atoms with Crippen molar-refractivity contribution < 1.29 is 27.2 Å². The van der Waals surface area contributed by atoms with Gasteiger partial charge in [-0.05, 0) is 42.0 Å². The van der Waals surface area contributed by atoms with Gasteiger partial charge in [0.15, 0.2) is 17.4 Å². The van der Waals surface area contributed by atoms with E-state index in [1.165, 1.54) is 18.2 Å². The van der Waals surface area contributed by atoms with E-state index < -0.39 is 35.1 Å². The second-order valence-electron chi connectivity index (χ2n) is 9.40. The number of carbonyl (C=O) groups is 2. The Morgan fingerprint density at radius 2 is 1.80 bits per heavy atom. The van der Waals surface area contributed by atoms with E-state index in [-0.39, 0.29) is 21.8 Å². The van der Waals surface area contributed by atoms with Gasteiger partial charge in [-0.1, -0.05) is 23.7 Å². The number of nitrogens with zero attached hydrogens (tertiary/aromatic N) is 4. The standard InChI is InChI=1S/C28H23ClF4N6O2/c29-21-4-5-24(37-27(41)18-3-1-2-17(10-18)15-38-8-6-34-7-9-38)22(12-21)25(40)19-13-36-39(16-19)26-23(30)11-20(14-35-26)28(31,32)33/h1-5,10-14,16,34H,6-9,15H2,(H,37,41). The van der Waals surface area contributed by atoms with Gasteiger partial charge in [-0.3, -0.25) is 14.5 Å². The maximum Gasteiger partial charge on any atom is 0.417 e. The number of hydrogen-bond donors (Lipinski definition) is 2. The minimum absolute atomic E-state index is 0.0260. The maximum absolute atomic E-state index is 14.4. The average molecular weight is 587 g/mol. The summed E-state index contributed by atoms with van der Waals surface area (Å²) in [6, 6.07) is 11.9. The van der Waals surface area contributed by atoms with E-state index in [2.05, 4.69) is 25.6 Å². The van der Waals surface area contributed by atoms with E-state index in [1.807, 2.05) is 6.07 Å². The van der Waals surface area contributed by atoms with E-state index in [1.54, 1.807) is 18.2 Å². The van der Waals surface area contributed by atoms with Crippen LogP contribution in [0.15, 0.2) is 67.1 Å². The largest absolute Gasteiger partial charge is 0.417 e. The number of ketones is 1. The summed E-state index contributed by atoms with van der Waals surface area (Å²) >= 11 is 6.14. The number of anilines is 1. The maximum atomic E-state index is 14.4. The van der Waals surface area contributed by atoms with Gasteiger partial charge in [0.05, 0.1) is 23.0 Å². The number of pyridine rings is 1. The fourth-order valence-electron chi connectivity index (χ4n) is 4.41. The van der Waals surface area contributed by atoms with Crippen molar-refractivity contribution in [2.24, 2.45) is 0 Å². The Kier molecular flexibility index (Phi) is 8.15. The van der Waals surface area contributed by atoms with Gasteiger partial charge in [0.1, 0.15) is 0 Å². The van der Waals surface area contributed by atoms with Crippen LogP contribution >= 0.6 is 11.6 Å². The van der Waals surface area contributed by atoms with Crippen LogP contribution in [-0.4, -0.2) is 57.5 Å². The lowest BCUT2D eigenvalue weighted by atomic mass is 10.0. The van der Waals surface area contributed by atoms with Crippen LogP contribution in [0.1, 0.15) is 37.4 Å². The van der Waals surface area contributed by atoms with Crippen LogP contribution in [0.5, 0.6) is 0 Å². The molecular formula is C28H23ClF4N6O2. The fourth-order valence-corrected chi connectivity index (χ4v) is 4.58. The predicted molar refractivity (Wildman–Crippen MR) is 144 cm³/mol. The van der Waals surface area contributed by atoms with Gasteiger partial charge in [-0.25, -0.2) is 14.1 Å². The second-order valence-corrected chi connectivity index (χ2v) is 9.84. The van der Waals surface area contributed by atoms with Gasteiger partial charge >= 0.3 is 6.18 Å². The number of aromatic nitrogens is 3. The summed E-state index contributed by atoms with van der Waals surface area (Å²) in [4.78, 5) is 32.4. The zero-order chi connectivity index (χ0) is 29.1. The van der Waals surface area contributed by atoms with Crippen molar-refractivity contribution in [3.05, 3.63) is 106 Å². The van der Waals surface area contributed by atoms with Crippen molar-refractivity contribution in [2.45, 2.75) is 12.7 Å². The molecule has 0 radical (unpaired) electrons. The Morgan fingerprint density at radius 3 is 2.54 bits per heavy atom. The van der Waals surface area contributed by atoms with Gasteiger partial charge < -0.3 is 10.6 Å². The monoisotopic (exact) mass is 586 g/mol. The summed E-state index contributed by atoms with van der Waals surface area (Å²) in [5, 5.41) is 10.2. The molecule has 1 aliphatic heterocycles. The van der Waals surface area contributed by atoms with Gasteiger partial charge in [-0.2, -0.15) is 18.3 Å². The second kappa shape index (κ2) is 11.8. The van der Waals surface area contributed by atoms with Crippen LogP contribution in [0.25, 0.3) is 5.82 Å². The van der Waals surface area contributed by atoms with Crippen LogP contribution in [0.2, 0.25) is 5.02 Å². The van der Waals surface area contributed by atoms with Crippen molar-refractivity contribution in [1.82, 2.24) is 25.0 Å². The number of alkyl halides is 3. The van der Waals surface area contributed by atoms with Gasteiger partial charge in [0.25, 0.3) is 5.91 Å². The number of carbonyl (C=O) groups excluding carboxylic acids is 2. The zero-order valence-corrected chi connectivity index (χ0v) is 22.1. The van der Waals surface area contributed by atoms with Gasteiger partial charge in [-0.15, -0.1) is 0 Å². The quantitative estimate of drug-likeness (QED) is 0.235. The van der Waals surface area contributed by atoms with E-state index in [0.717, 1.165) is 48.8 Å². The Labute approximate surface area is 236 Å². The molecule has 2 aromatic carbocycles. The van der Waals surface area contributed by atoms with Crippen molar-refractivity contribution >= 4 is 29.0 Å². The highest BCUT2D eigenvalue weighted by molar-refractivity contribution is 6.31. The Bertz CT molecular complexity index is 1600. The van der Waals surface area contributed by atoms with Crippen LogP contribution in [0.4, 0.5) is 23.2 Å². The average Bonchev–Trinajstić information content (AvgIpc) is 3.44. The first-order valence-corrected chi connectivity index (χ1v) is 12.9. The first kappa shape index (κ1) is 28.4. The minimum Gasteiger partial charge on any atom is -0.321 e. The van der Waals surface area contributed by atoms with Crippen LogP contribution in [0, 0.1) is 5.82 Å². The minimum atomic E-state index is -4.77. The number of amides is 1. The van der Waals surface area contributed by atoms with Crippen LogP contribution in [-0.2, 0) is 12.7 Å². The van der Waals surface area contributed by atoms with Crippen molar-refractivity contribution in [1.29, 1.82) is 0 Å². The molecule has 0 aliphatic carbocycles. The number of halogens is 5. The summed E-state index contributed by atoms with van der Waals surface area (Å²) in [6.07, 6.45) is -2.04. The number of rotatable bonds is 7. The predicted octanol–water partition coefficient (Wildman–Crippen LogP) is 4.97. The van der Waals surface area contributed by atoms with E-state index >= 15 is 0 Å². The molecule has 1 amide bonds. The molecule has 41 heavy (non-hydrogen) atoms. The highest BCUT2D eigenvalue weighted by atomic mass is 35.5. The molecule has 0 spiro atoms. The van der Waals surface area contributed by atoms with Crippen LogP contribution in [0.3, 0.4) is 0 Å². The molecule has 1 saturated heterocycles. The molecule has 3 heterocycles. The molecule has 1 aliphatic rings. The summed E-state index contributed by atoms with van der Waals surface area (Å²) in [5.41, 5.74) is 0.329. The van der Waals surface area contributed by atoms with Crippen molar-refractivity contribution in [3.63, 3.8) is 0 Å². The number of hydrogen-bond acceptors (Lipinski definition) is 6. The van der Waals surface area contributed by atoms with E-state index in [0.29, 0.717) is 24.4 Å². The lowest BCUT2D eigenvalue weighted by Crippen LogP contribution is -2.42. The third kappa shape index (κ3) is 6.62. The normalized spacial score (nSPS) is 14.2. The van der Waals surface area contributed by atoms with E-state index in [4.69, 9.17) is 11.6 Å². The van der Waals surface area contributed by atoms with Crippen LogP contribution < -0.4 is 10.6 Å². The first-order chi connectivity index (χ1) is 19.6. The fraction of sp³-hybridized carbons (Fsp3) is 0.214. The third-order valence-corrected chi connectivity index (χ3v) is 6.73. The molecule has 0 saturated carbocycles. The molecule has 212 valence electrons. The topological polar surface area (TPSA) is 92.1 Å². The van der Waals surface area contributed by atoms with Gasteiger partial charge in [0.2, 0.25) is 0 Å². The molecule has 2 aromatic heterocycles. The molecule has 13 heteroatoms. The summed E-state index contributed by atoms with van der Waals surface area (Å²) in [6.45, 7) is 4.33. The Morgan fingerprint density at radius 1 is 1.02 bits per heavy atom. The smallest absolute Gasteiger partial charge is 0.321 e. The summed E-state index contributed by atoms with van der Waals surface area (Å²) in [5.74, 6) is -2.82. The molecule has 0 bridgehead atoms. The lowest BCUT2D eigenvalue weighted by molar-refractivity contribution is -0.138. The first-order valence-electron chi connectivity index (χ1n) is 12.5. The highest BCUT2D eigenvalue weighted by Gasteiger charge is 2.32. The molecule has 0 unspecified atom stereocenters. The molecule has 0 atom stereocenters. The Hall–Kier alpha value is -4.13. The summed E-state index contributed by atoms with van der Waals surface area (Å²) < 4.78 is 53.9. The van der Waals surface area contributed by atoms with Crippen molar-refractivity contribution in [2.75, 3.05) is 31.5 Å². The SMILES string of the molecule is O=C(Nc1ccc(Cl)cc1C(=O)c1cnn(-c2ncc(C(F)(F)F)cc2F)c1)c1cccc(CN2CCNCC2)c1. The lowest BCUT2D eigenvalue weighted by Gasteiger charge is -2.27. The Balaban J connectivity index is 1.36. The summed E-state index contributed by atoms with van der Waals surface area (Å²) in [7, 11) is 0. The molecular weight excluding hydrogens is 564 g/mol. The molecule has 4 aromatic rings. The molecule has 8 nitrogen and oxygen atoms in total. The molecule has 5 rings (SSSR count). The number of nitrogens with one attached hydrogen (secondary N) is 2.